The highest BCUT2D eigenvalue weighted by atomic mass is 35.5. The predicted octanol–water partition coefficient (Wildman–Crippen LogP) is 5.81. The summed E-state index contributed by atoms with van der Waals surface area (Å²) in [4.78, 5) is 13.8. The standard InChI is InChI=1S/C22H22Cl2FN3OS/c1-12-9-26-10-14(20(12)13-4-3-5-15(25)6-13)7-18(29)19-8-16(22(24)30-19)21-17(23)11-27-28(21)2/h3-6,8,11-12,14,20,26H,7,9-10H2,1-2H3/t12-,14+,20-/m0/s1. The highest BCUT2D eigenvalue weighted by Crippen LogP contribution is 2.41. The van der Waals surface area contributed by atoms with Gasteiger partial charge >= 0.3 is 0 Å². The van der Waals surface area contributed by atoms with Gasteiger partial charge in [-0.1, -0.05) is 42.3 Å². The highest BCUT2D eigenvalue weighted by Gasteiger charge is 2.34. The fraction of sp³-hybridized carbons (Fsp3) is 0.364. The van der Waals surface area contributed by atoms with Crippen molar-refractivity contribution < 1.29 is 9.18 Å². The van der Waals surface area contributed by atoms with Crippen LogP contribution in [-0.4, -0.2) is 28.7 Å². The van der Waals surface area contributed by atoms with E-state index < -0.39 is 0 Å². The van der Waals surface area contributed by atoms with Gasteiger partial charge in [-0.2, -0.15) is 5.10 Å². The van der Waals surface area contributed by atoms with Crippen molar-refractivity contribution >= 4 is 40.3 Å². The number of nitrogens with one attached hydrogen (secondary N) is 1. The molecule has 3 aromatic rings. The Labute approximate surface area is 189 Å². The normalized spacial score (nSPS) is 21.7. The van der Waals surface area contributed by atoms with E-state index in [0.717, 1.165) is 18.7 Å². The zero-order valence-corrected chi connectivity index (χ0v) is 19.0. The Kier molecular flexibility index (Phi) is 6.30. The third-order valence-corrected chi connectivity index (χ3v) is 7.46. The van der Waals surface area contributed by atoms with Gasteiger partial charge < -0.3 is 5.32 Å². The van der Waals surface area contributed by atoms with Crippen LogP contribution in [0.1, 0.15) is 34.5 Å². The number of aryl methyl sites for hydroxylation is 1. The number of Topliss-reactive ketones (excluding diaryl/α,β-unsaturated/α-hetero) is 1. The fourth-order valence-electron chi connectivity index (χ4n) is 4.45. The molecular weight excluding hydrogens is 444 g/mol. The van der Waals surface area contributed by atoms with Gasteiger partial charge in [0.2, 0.25) is 0 Å². The number of carbonyl (C=O) groups is 1. The second-order valence-electron chi connectivity index (χ2n) is 7.87. The molecule has 4 nitrogen and oxygen atoms in total. The molecule has 0 unspecified atom stereocenters. The van der Waals surface area contributed by atoms with Crippen molar-refractivity contribution in [1.29, 1.82) is 0 Å². The highest BCUT2D eigenvalue weighted by molar-refractivity contribution is 7.18. The summed E-state index contributed by atoms with van der Waals surface area (Å²) < 4.78 is 16.0. The summed E-state index contributed by atoms with van der Waals surface area (Å²) in [7, 11) is 1.79. The van der Waals surface area contributed by atoms with Gasteiger partial charge in [0.1, 0.15) is 10.2 Å². The number of hydrogen-bond acceptors (Lipinski definition) is 4. The molecule has 1 fully saturated rings. The van der Waals surface area contributed by atoms with E-state index in [0.29, 0.717) is 37.8 Å². The largest absolute Gasteiger partial charge is 0.316 e. The van der Waals surface area contributed by atoms with E-state index in [9.17, 15) is 9.18 Å². The van der Waals surface area contributed by atoms with E-state index in [1.165, 1.54) is 17.4 Å². The summed E-state index contributed by atoms with van der Waals surface area (Å²) in [5.74, 6) is 0.286. The summed E-state index contributed by atoms with van der Waals surface area (Å²) in [5.41, 5.74) is 2.36. The molecule has 158 valence electrons. The van der Waals surface area contributed by atoms with Crippen molar-refractivity contribution in [3.63, 3.8) is 0 Å². The average Bonchev–Trinajstić information content (AvgIpc) is 3.23. The van der Waals surface area contributed by atoms with E-state index in [1.807, 2.05) is 6.07 Å². The summed E-state index contributed by atoms with van der Waals surface area (Å²) in [5, 5.41) is 8.05. The Morgan fingerprint density at radius 1 is 1.33 bits per heavy atom. The average molecular weight is 466 g/mol. The lowest BCUT2D eigenvalue weighted by atomic mass is 9.73. The Hall–Kier alpha value is -1.73. The molecule has 30 heavy (non-hydrogen) atoms. The number of rotatable bonds is 5. The molecule has 0 saturated carbocycles. The first-order valence-electron chi connectivity index (χ1n) is 9.81. The quantitative estimate of drug-likeness (QED) is 0.483. The van der Waals surface area contributed by atoms with Crippen molar-refractivity contribution in [1.82, 2.24) is 15.1 Å². The molecule has 4 rings (SSSR count). The van der Waals surface area contributed by atoms with Gasteiger partial charge in [0.25, 0.3) is 0 Å². The number of aromatic nitrogens is 2. The zero-order valence-electron chi connectivity index (χ0n) is 16.7. The monoisotopic (exact) mass is 465 g/mol. The number of nitrogens with zero attached hydrogens (tertiary/aromatic N) is 2. The first-order valence-corrected chi connectivity index (χ1v) is 11.4. The lowest BCUT2D eigenvalue weighted by Crippen LogP contribution is -2.41. The van der Waals surface area contributed by atoms with Crippen molar-refractivity contribution in [3.8, 4) is 11.3 Å². The van der Waals surface area contributed by atoms with Crippen LogP contribution in [0.5, 0.6) is 0 Å². The molecule has 0 aliphatic carbocycles. The molecule has 0 bridgehead atoms. The predicted molar refractivity (Wildman–Crippen MR) is 120 cm³/mol. The lowest BCUT2D eigenvalue weighted by Gasteiger charge is -2.37. The van der Waals surface area contributed by atoms with E-state index in [4.69, 9.17) is 23.2 Å². The van der Waals surface area contributed by atoms with E-state index in [1.54, 1.807) is 36.1 Å². The lowest BCUT2D eigenvalue weighted by molar-refractivity contribution is 0.0939. The van der Waals surface area contributed by atoms with Crippen molar-refractivity contribution in [3.05, 3.63) is 62.1 Å². The molecule has 3 atom stereocenters. The molecule has 1 aliphatic heterocycles. The van der Waals surface area contributed by atoms with Crippen LogP contribution in [0.3, 0.4) is 0 Å². The van der Waals surface area contributed by atoms with Gasteiger partial charge in [-0.15, -0.1) is 11.3 Å². The smallest absolute Gasteiger partial charge is 0.173 e. The van der Waals surface area contributed by atoms with E-state index >= 15 is 0 Å². The second-order valence-corrected chi connectivity index (χ2v) is 9.93. The van der Waals surface area contributed by atoms with Crippen LogP contribution < -0.4 is 5.32 Å². The van der Waals surface area contributed by atoms with Gasteiger partial charge in [-0.25, -0.2) is 4.39 Å². The molecule has 2 aromatic heterocycles. The first-order chi connectivity index (χ1) is 14.3. The molecule has 1 aromatic carbocycles. The van der Waals surface area contributed by atoms with Crippen LogP contribution in [0.4, 0.5) is 4.39 Å². The minimum atomic E-state index is -0.244. The van der Waals surface area contributed by atoms with Crippen LogP contribution in [0.25, 0.3) is 11.3 Å². The Morgan fingerprint density at radius 2 is 2.13 bits per heavy atom. The topological polar surface area (TPSA) is 46.9 Å². The van der Waals surface area contributed by atoms with Crippen molar-refractivity contribution in [2.45, 2.75) is 19.3 Å². The zero-order chi connectivity index (χ0) is 21.4. The van der Waals surface area contributed by atoms with Crippen LogP contribution in [-0.2, 0) is 7.05 Å². The van der Waals surface area contributed by atoms with Gasteiger partial charge in [-0.3, -0.25) is 9.48 Å². The fourth-order valence-corrected chi connectivity index (χ4v) is 5.94. The van der Waals surface area contributed by atoms with Crippen molar-refractivity contribution in [2.75, 3.05) is 13.1 Å². The molecular formula is C22H22Cl2FN3OS. The molecule has 0 spiro atoms. The third-order valence-electron chi connectivity index (χ3n) is 5.79. The number of carbonyl (C=O) groups excluding carboxylic acids is 1. The maximum atomic E-state index is 13.8. The Bertz CT molecular complexity index is 1060. The van der Waals surface area contributed by atoms with Gasteiger partial charge in [-0.05, 0) is 54.6 Å². The number of hydrogen-bond donors (Lipinski definition) is 1. The number of ketones is 1. The van der Waals surface area contributed by atoms with Crippen LogP contribution in [0, 0.1) is 17.7 Å². The Morgan fingerprint density at radius 3 is 2.83 bits per heavy atom. The molecule has 1 saturated heterocycles. The van der Waals surface area contributed by atoms with E-state index in [2.05, 4.69) is 17.3 Å². The first kappa shape index (κ1) is 21.5. The summed E-state index contributed by atoms with van der Waals surface area (Å²) >= 11 is 14.0. The van der Waals surface area contributed by atoms with Crippen LogP contribution in [0.15, 0.2) is 36.5 Å². The number of thiophene rings is 1. The van der Waals surface area contributed by atoms with Crippen LogP contribution >= 0.6 is 34.5 Å². The number of piperidine rings is 1. The van der Waals surface area contributed by atoms with Gasteiger partial charge in [0, 0.05) is 19.0 Å². The number of halogens is 3. The summed E-state index contributed by atoms with van der Waals surface area (Å²) in [6.07, 6.45) is 1.93. The molecule has 8 heteroatoms. The third kappa shape index (κ3) is 4.19. The maximum Gasteiger partial charge on any atom is 0.173 e. The molecule has 0 radical (unpaired) electrons. The minimum absolute atomic E-state index is 0.0359. The molecule has 1 N–H and O–H groups in total. The van der Waals surface area contributed by atoms with Gasteiger partial charge in [0.15, 0.2) is 5.78 Å². The minimum Gasteiger partial charge on any atom is -0.316 e. The van der Waals surface area contributed by atoms with Crippen molar-refractivity contribution in [2.24, 2.45) is 18.9 Å². The summed E-state index contributed by atoms with van der Waals surface area (Å²) in [6, 6.07) is 8.54. The molecule has 0 amide bonds. The second kappa shape index (κ2) is 8.79. The maximum absolute atomic E-state index is 13.8. The van der Waals surface area contributed by atoms with E-state index in [-0.39, 0.29) is 23.4 Å². The number of benzene rings is 1. The SMILES string of the molecule is C[C@H]1CNC[C@@H](CC(=O)c2cc(-c3c(Cl)cnn3C)c(Cl)s2)[C@@H]1c1cccc(F)c1. The molecule has 3 heterocycles. The van der Waals surface area contributed by atoms with Crippen LogP contribution in [0.2, 0.25) is 9.36 Å². The molecule has 1 aliphatic rings. The summed E-state index contributed by atoms with van der Waals surface area (Å²) in [6.45, 7) is 3.71. The van der Waals surface area contributed by atoms with Gasteiger partial charge in [0.05, 0.1) is 21.8 Å². The Balaban J connectivity index is 1.59.